The minimum absolute atomic E-state index is 0.00767. The van der Waals surface area contributed by atoms with Crippen molar-refractivity contribution in [3.63, 3.8) is 0 Å². The maximum absolute atomic E-state index is 12.9. The van der Waals surface area contributed by atoms with Crippen LogP contribution in [0.15, 0.2) is 28.8 Å². The number of hydrogen-bond donors (Lipinski definition) is 2. The summed E-state index contributed by atoms with van der Waals surface area (Å²) in [4.78, 5) is 19.1. The zero-order valence-corrected chi connectivity index (χ0v) is 15.0. The molecule has 7 heteroatoms. The van der Waals surface area contributed by atoms with Gasteiger partial charge in [0.2, 0.25) is 11.7 Å². The van der Waals surface area contributed by atoms with Crippen LogP contribution in [0.3, 0.4) is 0 Å². The van der Waals surface area contributed by atoms with Gasteiger partial charge in [0.05, 0.1) is 12.2 Å². The zero-order valence-electron chi connectivity index (χ0n) is 15.0. The van der Waals surface area contributed by atoms with Gasteiger partial charge in [0, 0.05) is 30.1 Å². The van der Waals surface area contributed by atoms with E-state index in [1.807, 2.05) is 17.0 Å². The topological polar surface area (TPSA) is 99.7 Å². The Morgan fingerprint density at radius 1 is 1.04 bits per heavy atom. The number of amides is 1. The van der Waals surface area contributed by atoms with Gasteiger partial charge in [-0.05, 0) is 49.7 Å². The molecular weight excluding hydrogens is 346 g/mol. The van der Waals surface area contributed by atoms with Crippen LogP contribution in [0.25, 0.3) is 11.4 Å². The number of aromatic nitrogens is 2. The summed E-state index contributed by atoms with van der Waals surface area (Å²) in [6.45, 7) is 1.29. The molecule has 2 heterocycles. The first-order valence-electron chi connectivity index (χ1n) is 9.68. The summed E-state index contributed by atoms with van der Waals surface area (Å²) < 4.78 is 5.30. The average molecular weight is 369 g/mol. The Kier molecular flexibility index (Phi) is 4.02. The number of carbonyl (C=O) groups is 1. The molecule has 4 atom stereocenters. The van der Waals surface area contributed by atoms with E-state index in [0.717, 1.165) is 18.4 Å². The number of nitrogens with zero attached hydrogens (tertiary/aromatic N) is 3. The van der Waals surface area contributed by atoms with Gasteiger partial charge in [-0.2, -0.15) is 4.98 Å². The lowest BCUT2D eigenvalue weighted by Crippen LogP contribution is -2.38. The lowest BCUT2D eigenvalue weighted by atomic mass is 9.79. The highest BCUT2D eigenvalue weighted by Crippen LogP contribution is 2.40. The average Bonchev–Trinajstić information content (AvgIpc) is 3.26. The van der Waals surface area contributed by atoms with Gasteiger partial charge >= 0.3 is 0 Å². The lowest BCUT2D eigenvalue weighted by molar-refractivity contribution is -0.0372. The summed E-state index contributed by atoms with van der Waals surface area (Å²) in [5.41, 5.74) is 1.47. The second-order valence-corrected chi connectivity index (χ2v) is 8.14. The van der Waals surface area contributed by atoms with Gasteiger partial charge in [-0.15, -0.1) is 0 Å². The molecule has 7 nitrogen and oxygen atoms in total. The third-order valence-electron chi connectivity index (χ3n) is 6.15. The Morgan fingerprint density at radius 3 is 2.26 bits per heavy atom. The van der Waals surface area contributed by atoms with Gasteiger partial charge in [0.25, 0.3) is 5.91 Å². The van der Waals surface area contributed by atoms with Crippen molar-refractivity contribution in [1.82, 2.24) is 15.0 Å². The minimum atomic E-state index is -0.670. The molecule has 1 saturated heterocycles. The quantitative estimate of drug-likeness (QED) is 0.856. The SMILES string of the molecule is O=C(c1ccc(-c2noc(C3CC3)n2)cc1)N1C[C@H]2C[C@H](O)[C@H](O)C[C@H]2C1. The van der Waals surface area contributed by atoms with Gasteiger partial charge in [-0.1, -0.05) is 17.3 Å². The Bertz CT molecular complexity index is 827. The number of rotatable bonds is 3. The molecule has 1 amide bonds. The van der Waals surface area contributed by atoms with Crippen LogP contribution in [-0.4, -0.2) is 56.5 Å². The van der Waals surface area contributed by atoms with Crippen LogP contribution in [0.5, 0.6) is 0 Å². The van der Waals surface area contributed by atoms with Gasteiger partial charge in [-0.25, -0.2) is 0 Å². The summed E-state index contributed by atoms with van der Waals surface area (Å²) in [5.74, 6) is 2.22. The fourth-order valence-electron chi connectivity index (χ4n) is 4.37. The summed E-state index contributed by atoms with van der Waals surface area (Å²) in [6, 6.07) is 7.31. The van der Waals surface area contributed by atoms with Crippen LogP contribution < -0.4 is 0 Å². The molecule has 1 aromatic carbocycles. The van der Waals surface area contributed by atoms with Crippen molar-refractivity contribution in [2.45, 2.75) is 43.8 Å². The van der Waals surface area contributed by atoms with Gasteiger partial charge in [-0.3, -0.25) is 4.79 Å². The molecule has 0 bridgehead atoms. The normalized spacial score (nSPS) is 30.4. The van der Waals surface area contributed by atoms with E-state index in [2.05, 4.69) is 10.1 Å². The third kappa shape index (κ3) is 3.15. The maximum atomic E-state index is 12.9. The van der Waals surface area contributed by atoms with E-state index in [9.17, 15) is 15.0 Å². The first-order valence-corrected chi connectivity index (χ1v) is 9.68. The molecule has 2 aromatic rings. The number of fused-ring (bicyclic) bond motifs is 1. The lowest BCUT2D eigenvalue weighted by Gasteiger charge is -2.31. The molecule has 2 saturated carbocycles. The van der Waals surface area contributed by atoms with E-state index in [1.165, 1.54) is 0 Å². The summed E-state index contributed by atoms with van der Waals surface area (Å²) in [7, 11) is 0. The van der Waals surface area contributed by atoms with Crippen LogP contribution >= 0.6 is 0 Å². The number of aliphatic hydroxyl groups is 2. The largest absolute Gasteiger partial charge is 0.390 e. The first kappa shape index (κ1) is 16.9. The van der Waals surface area contributed by atoms with Crippen LogP contribution in [0.1, 0.15) is 47.8 Å². The fourth-order valence-corrected chi connectivity index (χ4v) is 4.37. The molecule has 2 aliphatic carbocycles. The predicted molar refractivity (Wildman–Crippen MR) is 95.8 cm³/mol. The van der Waals surface area contributed by atoms with Crippen molar-refractivity contribution in [3.8, 4) is 11.4 Å². The Hall–Kier alpha value is -2.25. The number of benzene rings is 1. The smallest absolute Gasteiger partial charge is 0.253 e. The van der Waals surface area contributed by atoms with Crippen molar-refractivity contribution in [2.75, 3.05) is 13.1 Å². The molecule has 1 aliphatic heterocycles. The van der Waals surface area contributed by atoms with Gasteiger partial charge in [0.15, 0.2) is 0 Å². The standard InChI is InChI=1S/C20H23N3O4/c24-16-7-14-9-23(10-15(14)8-17(16)25)20(26)13-5-1-11(2-6-13)18-21-19(27-22-18)12-3-4-12/h1-2,5-6,12,14-17,24-25H,3-4,7-10H2/t14-,15+,16+,17-. The highest BCUT2D eigenvalue weighted by molar-refractivity contribution is 5.94. The van der Waals surface area contributed by atoms with Crippen molar-refractivity contribution in [1.29, 1.82) is 0 Å². The summed E-state index contributed by atoms with van der Waals surface area (Å²) in [5, 5.41) is 23.8. The van der Waals surface area contributed by atoms with Crippen LogP contribution in [-0.2, 0) is 0 Å². The van der Waals surface area contributed by atoms with Crippen LogP contribution in [0.2, 0.25) is 0 Å². The summed E-state index contributed by atoms with van der Waals surface area (Å²) in [6.07, 6.45) is 2.01. The monoisotopic (exact) mass is 369 g/mol. The number of aliphatic hydroxyl groups excluding tert-OH is 2. The van der Waals surface area contributed by atoms with Crippen molar-refractivity contribution < 1.29 is 19.5 Å². The third-order valence-corrected chi connectivity index (χ3v) is 6.15. The zero-order chi connectivity index (χ0) is 18.5. The summed E-state index contributed by atoms with van der Waals surface area (Å²) >= 11 is 0. The molecule has 0 spiro atoms. The minimum Gasteiger partial charge on any atom is -0.390 e. The van der Waals surface area contributed by atoms with Crippen LogP contribution in [0, 0.1) is 11.8 Å². The van der Waals surface area contributed by atoms with E-state index >= 15 is 0 Å². The molecule has 0 unspecified atom stereocenters. The van der Waals surface area contributed by atoms with Crippen molar-refractivity contribution >= 4 is 5.91 Å². The second-order valence-electron chi connectivity index (χ2n) is 8.14. The van der Waals surface area contributed by atoms with E-state index < -0.39 is 12.2 Å². The predicted octanol–water partition coefficient (Wildman–Crippen LogP) is 1.82. The van der Waals surface area contributed by atoms with E-state index in [-0.39, 0.29) is 17.7 Å². The van der Waals surface area contributed by atoms with E-state index in [4.69, 9.17) is 4.52 Å². The Balaban J connectivity index is 1.28. The Labute approximate surface area is 157 Å². The number of likely N-dealkylation sites (tertiary alicyclic amines) is 1. The molecular formula is C20H23N3O4. The highest BCUT2D eigenvalue weighted by atomic mass is 16.5. The molecule has 0 radical (unpaired) electrons. The fraction of sp³-hybridized carbons (Fsp3) is 0.550. The second kappa shape index (κ2) is 6.42. The first-order chi connectivity index (χ1) is 13.1. The van der Waals surface area contributed by atoms with E-state index in [0.29, 0.717) is 49.1 Å². The van der Waals surface area contributed by atoms with Crippen LogP contribution in [0.4, 0.5) is 0 Å². The molecule has 3 fully saturated rings. The number of hydrogen-bond acceptors (Lipinski definition) is 6. The maximum Gasteiger partial charge on any atom is 0.253 e. The number of carbonyl (C=O) groups excluding carboxylic acids is 1. The molecule has 3 aliphatic rings. The molecule has 5 rings (SSSR count). The molecule has 2 N–H and O–H groups in total. The van der Waals surface area contributed by atoms with E-state index in [1.54, 1.807) is 12.1 Å². The van der Waals surface area contributed by atoms with Gasteiger partial charge in [0.1, 0.15) is 0 Å². The molecule has 142 valence electrons. The van der Waals surface area contributed by atoms with Crippen molar-refractivity contribution in [3.05, 3.63) is 35.7 Å². The highest BCUT2D eigenvalue weighted by Gasteiger charge is 2.42. The van der Waals surface area contributed by atoms with Gasteiger partial charge < -0.3 is 19.6 Å². The van der Waals surface area contributed by atoms with Crippen molar-refractivity contribution in [2.24, 2.45) is 11.8 Å². The molecule has 1 aromatic heterocycles. The Morgan fingerprint density at radius 2 is 1.67 bits per heavy atom. The molecule has 27 heavy (non-hydrogen) atoms.